The van der Waals surface area contributed by atoms with Gasteiger partial charge in [0.05, 0.1) is 12.3 Å². The molecule has 2 heterocycles. The fraction of sp³-hybridized carbons (Fsp3) is 0.692. The van der Waals surface area contributed by atoms with Crippen LogP contribution in [0.1, 0.15) is 30.5 Å². The first-order valence-corrected chi connectivity index (χ1v) is 6.88. The SMILES string of the molecule is Cc1[nH]ncc1CCCNC(=O)NC[C@@H]1CCCO1. The van der Waals surface area contributed by atoms with Gasteiger partial charge in [-0.1, -0.05) is 0 Å². The Hall–Kier alpha value is -1.56. The summed E-state index contributed by atoms with van der Waals surface area (Å²) < 4.78 is 5.44. The lowest BCUT2D eigenvalue weighted by Crippen LogP contribution is -2.40. The summed E-state index contributed by atoms with van der Waals surface area (Å²) in [6.07, 6.45) is 6.01. The number of urea groups is 1. The van der Waals surface area contributed by atoms with Gasteiger partial charge in [-0.3, -0.25) is 5.10 Å². The number of carbonyl (C=O) groups excluding carboxylic acids is 1. The fourth-order valence-electron chi connectivity index (χ4n) is 2.18. The van der Waals surface area contributed by atoms with Gasteiger partial charge >= 0.3 is 6.03 Å². The molecule has 1 fully saturated rings. The normalized spacial score (nSPS) is 18.5. The second-order valence-electron chi connectivity index (χ2n) is 4.90. The average molecular weight is 266 g/mol. The Morgan fingerprint density at radius 2 is 2.47 bits per heavy atom. The molecule has 3 N–H and O–H groups in total. The first-order chi connectivity index (χ1) is 9.25. The maximum atomic E-state index is 11.5. The van der Waals surface area contributed by atoms with Crippen LogP contribution in [0.25, 0.3) is 0 Å². The first kappa shape index (κ1) is 13.9. The molecule has 0 bridgehead atoms. The van der Waals surface area contributed by atoms with Crippen LogP contribution in [0.4, 0.5) is 4.79 Å². The molecule has 6 nitrogen and oxygen atoms in total. The van der Waals surface area contributed by atoms with Gasteiger partial charge in [-0.25, -0.2) is 4.79 Å². The monoisotopic (exact) mass is 266 g/mol. The molecule has 0 unspecified atom stereocenters. The van der Waals surface area contributed by atoms with Crippen LogP contribution in [-0.2, 0) is 11.2 Å². The molecular weight excluding hydrogens is 244 g/mol. The van der Waals surface area contributed by atoms with E-state index >= 15 is 0 Å². The summed E-state index contributed by atoms with van der Waals surface area (Å²) in [5.74, 6) is 0. The van der Waals surface area contributed by atoms with Gasteiger partial charge in [-0.15, -0.1) is 0 Å². The number of aromatic nitrogens is 2. The van der Waals surface area contributed by atoms with E-state index in [-0.39, 0.29) is 12.1 Å². The number of carbonyl (C=O) groups is 1. The molecule has 1 aromatic heterocycles. The van der Waals surface area contributed by atoms with Crippen molar-refractivity contribution in [2.45, 2.75) is 38.7 Å². The Balaban J connectivity index is 1.52. The van der Waals surface area contributed by atoms with Crippen molar-refractivity contribution in [2.75, 3.05) is 19.7 Å². The molecular formula is C13H22N4O2. The zero-order valence-corrected chi connectivity index (χ0v) is 11.4. The minimum Gasteiger partial charge on any atom is -0.376 e. The molecule has 0 saturated carbocycles. The first-order valence-electron chi connectivity index (χ1n) is 6.88. The maximum Gasteiger partial charge on any atom is 0.314 e. The summed E-state index contributed by atoms with van der Waals surface area (Å²) in [4.78, 5) is 11.5. The number of hydrogen-bond acceptors (Lipinski definition) is 3. The molecule has 1 aliphatic heterocycles. The number of ether oxygens (including phenoxy) is 1. The molecule has 1 aromatic rings. The van der Waals surface area contributed by atoms with Crippen LogP contribution >= 0.6 is 0 Å². The highest BCUT2D eigenvalue weighted by Gasteiger charge is 2.15. The summed E-state index contributed by atoms with van der Waals surface area (Å²) >= 11 is 0. The number of aryl methyl sites for hydroxylation is 2. The Bertz CT molecular complexity index is 399. The number of H-pyrrole nitrogens is 1. The van der Waals surface area contributed by atoms with Gasteiger partial charge in [0.1, 0.15) is 0 Å². The van der Waals surface area contributed by atoms with Crippen molar-refractivity contribution in [1.29, 1.82) is 0 Å². The predicted molar refractivity (Wildman–Crippen MR) is 72.0 cm³/mol. The topological polar surface area (TPSA) is 79.0 Å². The van der Waals surface area contributed by atoms with Gasteiger partial charge in [0.25, 0.3) is 0 Å². The number of rotatable bonds is 6. The van der Waals surface area contributed by atoms with Crippen molar-refractivity contribution >= 4 is 6.03 Å². The minimum absolute atomic E-state index is 0.112. The van der Waals surface area contributed by atoms with Crippen molar-refractivity contribution in [3.05, 3.63) is 17.5 Å². The van der Waals surface area contributed by atoms with E-state index in [1.807, 2.05) is 13.1 Å². The van der Waals surface area contributed by atoms with Crippen molar-refractivity contribution in [2.24, 2.45) is 0 Å². The van der Waals surface area contributed by atoms with Gasteiger partial charge < -0.3 is 15.4 Å². The Kier molecular flexibility index (Phi) is 5.20. The third kappa shape index (κ3) is 4.55. The maximum absolute atomic E-state index is 11.5. The van der Waals surface area contributed by atoms with Gasteiger partial charge in [0.15, 0.2) is 0 Å². The molecule has 0 radical (unpaired) electrons. The molecule has 106 valence electrons. The molecule has 2 amide bonds. The summed E-state index contributed by atoms with van der Waals surface area (Å²) in [7, 11) is 0. The van der Waals surface area contributed by atoms with E-state index in [2.05, 4.69) is 20.8 Å². The van der Waals surface area contributed by atoms with Crippen LogP contribution < -0.4 is 10.6 Å². The number of hydrogen-bond donors (Lipinski definition) is 3. The van der Waals surface area contributed by atoms with E-state index < -0.39 is 0 Å². The van der Waals surface area contributed by atoms with E-state index in [0.717, 1.165) is 38.0 Å². The van der Waals surface area contributed by atoms with E-state index in [1.165, 1.54) is 5.56 Å². The Morgan fingerprint density at radius 3 is 3.16 bits per heavy atom. The van der Waals surface area contributed by atoms with Crippen LogP contribution in [0, 0.1) is 6.92 Å². The zero-order valence-electron chi connectivity index (χ0n) is 11.4. The zero-order chi connectivity index (χ0) is 13.5. The summed E-state index contributed by atoms with van der Waals surface area (Å²) in [5, 5.41) is 12.6. The lowest BCUT2D eigenvalue weighted by atomic mass is 10.1. The third-order valence-electron chi connectivity index (χ3n) is 3.36. The Morgan fingerprint density at radius 1 is 1.58 bits per heavy atom. The Labute approximate surface area is 113 Å². The van der Waals surface area contributed by atoms with E-state index in [0.29, 0.717) is 13.1 Å². The van der Waals surface area contributed by atoms with Crippen LogP contribution in [0.2, 0.25) is 0 Å². The molecule has 0 spiro atoms. The number of amides is 2. The van der Waals surface area contributed by atoms with Crippen LogP contribution in [-0.4, -0.2) is 42.0 Å². The standard InChI is InChI=1S/C13H22N4O2/c1-10-11(8-16-17-10)4-2-6-14-13(18)15-9-12-5-3-7-19-12/h8,12H,2-7,9H2,1H3,(H,16,17)(H2,14,15,18)/t12-/m0/s1. The molecule has 2 rings (SSSR count). The highest BCUT2D eigenvalue weighted by atomic mass is 16.5. The van der Waals surface area contributed by atoms with E-state index in [1.54, 1.807) is 0 Å². The minimum atomic E-state index is -0.112. The second-order valence-corrected chi connectivity index (χ2v) is 4.90. The van der Waals surface area contributed by atoms with Crippen LogP contribution in [0.3, 0.4) is 0 Å². The number of nitrogens with one attached hydrogen (secondary N) is 3. The van der Waals surface area contributed by atoms with Crippen molar-refractivity contribution in [1.82, 2.24) is 20.8 Å². The van der Waals surface area contributed by atoms with Crippen molar-refractivity contribution in [3.8, 4) is 0 Å². The predicted octanol–water partition coefficient (Wildman–Crippen LogP) is 1.13. The van der Waals surface area contributed by atoms with Gasteiger partial charge in [-0.2, -0.15) is 5.10 Å². The molecule has 19 heavy (non-hydrogen) atoms. The highest BCUT2D eigenvalue weighted by molar-refractivity contribution is 5.73. The van der Waals surface area contributed by atoms with E-state index in [9.17, 15) is 4.79 Å². The van der Waals surface area contributed by atoms with Gasteiger partial charge in [0, 0.05) is 25.4 Å². The van der Waals surface area contributed by atoms with Crippen molar-refractivity contribution in [3.63, 3.8) is 0 Å². The lowest BCUT2D eigenvalue weighted by molar-refractivity contribution is 0.111. The molecule has 1 aliphatic rings. The summed E-state index contributed by atoms with van der Waals surface area (Å²) in [6, 6.07) is -0.112. The highest BCUT2D eigenvalue weighted by Crippen LogP contribution is 2.10. The van der Waals surface area contributed by atoms with Gasteiger partial charge in [0.2, 0.25) is 0 Å². The average Bonchev–Trinajstić information content (AvgIpc) is 3.04. The molecule has 1 saturated heterocycles. The van der Waals surface area contributed by atoms with Crippen LogP contribution in [0.15, 0.2) is 6.20 Å². The summed E-state index contributed by atoms with van der Waals surface area (Å²) in [6.45, 7) is 4.09. The lowest BCUT2D eigenvalue weighted by Gasteiger charge is -2.11. The number of aromatic amines is 1. The molecule has 0 aromatic carbocycles. The van der Waals surface area contributed by atoms with Crippen LogP contribution in [0.5, 0.6) is 0 Å². The van der Waals surface area contributed by atoms with Gasteiger partial charge in [-0.05, 0) is 38.2 Å². The quantitative estimate of drug-likeness (QED) is 0.675. The molecule has 1 atom stereocenters. The smallest absolute Gasteiger partial charge is 0.314 e. The number of nitrogens with zero attached hydrogens (tertiary/aromatic N) is 1. The largest absolute Gasteiger partial charge is 0.376 e. The van der Waals surface area contributed by atoms with Crippen molar-refractivity contribution < 1.29 is 9.53 Å². The van der Waals surface area contributed by atoms with E-state index in [4.69, 9.17) is 4.74 Å². The molecule has 6 heteroatoms. The third-order valence-corrected chi connectivity index (χ3v) is 3.36. The second kappa shape index (κ2) is 7.13. The summed E-state index contributed by atoms with van der Waals surface area (Å²) in [5.41, 5.74) is 2.31. The fourth-order valence-corrected chi connectivity index (χ4v) is 2.18. The molecule has 0 aliphatic carbocycles.